The second-order valence-corrected chi connectivity index (χ2v) is 2.94. The summed E-state index contributed by atoms with van der Waals surface area (Å²) in [6, 6.07) is 2.05. The normalized spacial score (nSPS) is 9.08. The van der Waals surface area contributed by atoms with Gasteiger partial charge in [-0.2, -0.15) is 5.26 Å². The summed E-state index contributed by atoms with van der Waals surface area (Å²) in [4.78, 5) is 3.93. The molecule has 62 valence electrons. The molecule has 1 rings (SSSR count). The molecule has 0 amide bonds. The van der Waals surface area contributed by atoms with E-state index in [2.05, 4.69) is 27.0 Å². The number of rotatable bonds is 2. The van der Waals surface area contributed by atoms with Crippen molar-refractivity contribution in [3.05, 3.63) is 22.4 Å². The van der Waals surface area contributed by atoms with Crippen LogP contribution < -0.4 is 4.74 Å². The molecule has 0 aromatic carbocycles. The molecule has 4 heteroatoms. The Morgan fingerprint density at radius 3 is 3.00 bits per heavy atom. The molecular formula is C8H7BrN2O. The first kappa shape index (κ1) is 9.01. The fourth-order valence-electron chi connectivity index (χ4n) is 0.817. The first-order valence-electron chi connectivity index (χ1n) is 3.33. The maximum absolute atomic E-state index is 8.47. The molecule has 12 heavy (non-hydrogen) atoms. The second-order valence-electron chi connectivity index (χ2n) is 2.15. The Labute approximate surface area is 79.1 Å². The quantitative estimate of drug-likeness (QED) is 0.775. The van der Waals surface area contributed by atoms with E-state index in [4.69, 9.17) is 10.00 Å². The molecule has 0 N–H and O–H groups in total. The van der Waals surface area contributed by atoms with E-state index in [9.17, 15) is 0 Å². The predicted octanol–water partition coefficient (Wildman–Crippen LogP) is 1.92. The molecule has 0 radical (unpaired) electrons. The highest BCUT2D eigenvalue weighted by Crippen LogP contribution is 2.26. The van der Waals surface area contributed by atoms with E-state index >= 15 is 0 Å². The number of halogens is 1. The predicted molar refractivity (Wildman–Crippen MR) is 47.8 cm³/mol. The van der Waals surface area contributed by atoms with E-state index in [0.29, 0.717) is 12.2 Å². The molecule has 0 aliphatic carbocycles. The van der Waals surface area contributed by atoms with Gasteiger partial charge in [0.1, 0.15) is 0 Å². The van der Waals surface area contributed by atoms with E-state index in [-0.39, 0.29) is 0 Å². The molecule has 0 aliphatic heterocycles. The molecule has 0 unspecified atom stereocenters. The van der Waals surface area contributed by atoms with Gasteiger partial charge in [-0.05, 0) is 15.9 Å². The van der Waals surface area contributed by atoms with Crippen LogP contribution in [0, 0.1) is 11.3 Å². The van der Waals surface area contributed by atoms with Crippen molar-refractivity contribution in [2.75, 3.05) is 7.11 Å². The third-order valence-corrected chi connectivity index (χ3v) is 2.31. The Hall–Kier alpha value is -1.08. The average Bonchev–Trinajstić information content (AvgIpc) is 2.09. The van der Waals surface area contributed by atoms with Gasteiger partial charge in [0.05, 0.1) is 30.3 Å². The Bertz CT molecular complexity index is 319. The van der Waals surface area contributed by atoms with Crippen molar-refractivity contribution in [3.63, 3.8) is 0 Å². The van der Waals surface area contributed by atoms with E-state index < -0.39 is 0 Å². The van der Waals surface area contributed by atoms with Gasteiger partial charge in [0, 0.05) is 11.8 Å². The Morgan fingerprint density at radius 1 is 1.67 bits per heavy atom. The maximum Gasteiger partial charge on any atom is 0.151 e. The maximum atomic E-state index is 8.47. The first-order valence-corrected chi connectivity index (χ1v) is 4.12. The number of methoxy groups -OCH3 is 1. The number of hydrogen-bond donors (Lipinski definition) is 0. The van der Waals surface area contributed by atoms with Crippen LogP contribution in [-0.2, 0) is 6.42 Å². The highest BCUT2D eigenvalue weighted by molar-refractivity contribution is 9.10. The SMILES string of the molecule is COc1cncc(CC#N)c1Br. The molecule has 1 heterocycles. The van der Waals surface area contributed by atoms with Crippen molar-refractivity contribution >= 4 is 15.9 Å². The third-order valence-electron chi connectivity index (χ3n) is 1.41. The lowest BCUT2D eigenvalue weighted by atomic mass is 10.2. The van der Waals surface area contributed by atoms with Gasteiger partial charge < -0.3 is 4.74 Å². The molecule has 1 aromatic heterocycles. The monoisotopic (exact) mass is 226 g/mol. The van der Waals surface area contributed by atoms with Gasteiger partial charge in [0.25, 0.3) is 0 Å². The minimum Gasteiger partial charge on any atom is -0.494 e. The zero-order valence-electron chi connectivity index (χ0n) is 6.54. The van der Waals surface area contributed by atoms with Crippen molar-refractivity contribution in [1.82, 2.24) is 4.98 Å². The highest BCUT2D eigenvalue weighted by Gasteiger charge is 2.05. The van der Waals surface area contributed by atoms with Crippen molar-refractivity contribution in [3.8, 4) is 11.8 Å². The van der Waals surface area contributed by atoms with Crippen LogP contribution in [0.3, 0.4) is 0 Å². The number of aromatic nitrogens is 1. The van der Waals surface area contributed by atoms with Crippen molar-refractivity contribution in [2.24, 2.45) is 0 Å². The molecule has 0 saturated carbocycles. The highest BCUT2D eigenvalue weighted by atomic mass is 79.9. The molecule has 0 fully saturated rings. The third kappa shape index (κ3) is 1.74. The average molecular weight is 227 g/mol. The van der Waals surface area contributed by atoms with Gasteiger partial charge in [-0.25, -0.2) is 0 Å². The number of hydrogen-bond acceptors (Lipinski definition) is 3. The van der Waals surface area contributed by atoms with Crippen molar-refractivity contribution in [1.29, 1.82) is 5.26 Å². The first-order chi connectivity index (χ1) is 5.79. The van der Waals surface area contributed by atoms with Gasteiger partial charge in [0.2, 0.25) is 0 Å². The van der Waals surface area contributed by atoms with Crippen LogP contribution in [0.15, 0.2) is 16.9 Å². The smallest absolute Gasteiger partial charge is 0.151 e. The summed E-state index contributed by atoms with van der Waals surface area (Å²) in [5.74, 6) is 0.655. The summed E-state index contributed by atoms with van der Waals surface area (Å²) in [5, 5.41) is 8.47. The largest absolute Gasteiger partial charge is 0.494 e. The summed E-state index contributed by atoms with van der Waals surface area (Å²) in [6.45, 7) is 0. The zero-order chi connectivity index (χ0) is 8.97. The van der Waals surface area contributed by atoms with Crippen LogP contribution in [0.2, 0.25) is 0 Å². The van der Waals surface area contributed by atoms with Gasteiger partial charge in [-0.1, -0.05) is 0 Å². The van der Waals surface area contributed by atoms with Crippen LogP contribution in [0.25, 0.3) is 0 Å². The van der Waals surface area contributed by atoms with Crippen LogP contribution in [0.4, 0.5) is 0 Å². The van der Waals surface area contributed by atoms with Gasteiger partial charge in [0.15, 0.2) is 5.75 Å². The van der Waals surface area contributed by atoms with E-state index in [0.717, 1.165) is 10.0 Å². The lowest BCUT2D eigenvalue weighted by Crippen LogP contribution is -1.91. The second kappa shape index (κ2) is 4.07. The minimum absolute atomic E-state index is 0.338. The zero-order valence-corrected chi connectivity index (χ0v) is 8.13. The fraction of sp³-hybridized carbons (Fsp3) is 0.250. The summed E-state index contributed by atoms with van der Waals surface area (Å²) in [6.07, 6.45) is 3.59. The van der Waals surface area contributed by atoms with Gasteiger partial charge >= 0.3 is 0 Å². The van der Waals surface area contributed by atoms with Gasteiger partial charge in [-0.3, -0.25) is 4.98 Å². The summed E-state index contributed by atoms with van der Waals surface area (Å²) in [7, 11) is 1.57. The molecule has 0 saturated heterocycles. The van der Waals surface area contributed by atoms with Crippen LogP contribution in [0.1, 0.15) is 5.56 Å². The molecule has 3 nitrogen and oxygen atoms in total. The minimum atomic E-state index is 0.338. The Balaban J connectivity index is 3.07. The topological polar surface area (TPSA) is 45.9 Å². The van der Waals surface area contributed by atoms with Crippen LogP contribution in [0.5, 0.6) is 5.75 Å². The van der Waals surface area contributed by atoms with E-state index in [1.54, 1.807) is 19.5 Å². The summed E-state index contributed by atoms with van der Waals surface area (Å²) < 4.78 is 5.82. The van der Waals surface area contributed by atoms with Crippen molar-refractivity contribution in [2.45, 2.75) is 6.42 Å². The summed E-state index contributed by atoms with van der Waals surface area (Å²) in [5.41, 5.74) is 0.844. The lowest BCUT2D eigenvalue weighted by molar-refractivity contribution is 0.409. The Morgan fingerprint density at radius 2 is 2.42 bits per heavy atom. The molecule has 0 spiro atoms. The number of pyridine rings is 1. The molecular weight excluding hydrogens is 220 g/mol. The summed E-state index contributed by atoms with van der Waals surface area (Å²) >= 11 is 3.33. The molecule has 1 aromatic rings. The Kier molecular flexibility index (Phi) is 3.06. The van der Waals surface area contributed by atoms with E-state index in [1.165, 1.54) is 0 Å². The molecule has 0 aliphatic rings. The van der Waals surface area contributed by atoms with Crippen LogP contribution >= 0.6 is 15.9 Å². The number of ether oxygens (including phenoxy) is 1. The number of nitriles is 1. The number of nitrogens with zero attached hydrogens (tertiary/aromatic N) is 2. The van der Waals surface area contributed by atoms with Crippen molar-refractivity contribution < 1.29 is 4.74 Å². The molecule has 0 bridgehead atoms. The standard InChI is InChI=1S/C8H7BrN2O/c1-12-7-5-11-4-6(2-3-10)8(7)9/h4-5H,2H2,1H3. The van der Waals surface area contributed by atoms with Crippen LogP contribution in [-0.4, -0.2) is 12.1 Å². The van der Waals surface area contributed by atoms with Gasteiger partial charge in [-0.15, -0.1) is 0 Å². The van der Waals surface area contributed by atoms with E-state index in [1.807, 2.05) is 0 Å². The molecule has 0 atom stereocenters. The lowest BCUT2D eigenvalue weighted by Gasteiger charge is -2.04. The fourth-order valence-corrected chi connectivity index (χ4v) is 1.32.